The second-order valence-corrected chi connectivity index (χ2v) is 7.79. The predicted molar refractivity (Wildman–Crippen MR) is 107 cm³/mol. The number of hydrogen-bond donors (Lipinski definition) is 1. The lowest BCUT2D eigenvalue weighted by atomic mass is 10.1. The maximum Gasteiger partial charge on any atom is 0.329 e. The molecule has 0 spiro atoms. The maximum absolute atomic E-state index is 12.4. The summed E-state index contributed by atoms with van der Waals surface area (Å²) in [6.07, 6.45) is 0. The first-order valence-electron chi connectivity index (χ1n) is 7.87. The molecule has 1 N–H and O–H groups in total. The molecule has 0 saturated carbocycles. The van der Waals surface area contributed by atoms with E-state index >= 15 is 0 Å². The summed E-state index contributed by atoms with van der Waals surface area (Å²) < 4.78 is 1.52. The Bertz CT molecular complexity index is 1070. The number of nitrogens with one attached hydrogen (secondary N) is 1. The van der Waals surface area contributed by atoms with Gasteiger partial charge in [0.1, 0.15) is 0 Å². The van der Waals surface area contributed by atoms with Gasteiger partial charge in [0.2, 0.25) is 0 Å². The third kappa shape index (κ3) is 4.06. The number of aromatic nitrogens is 2. The van der Waals surface area contributed by atoms with Gasteiger partial charge < -0.3 is 0 Å². The lowest BCUT2D eigenvalue weighted by Gasteiger charge is -2.15. The molecule has 134 valence electrons. The molecule has 0 unspecified atom stereocenters. The van der Waals surface area contributed by atoms with E-state index in [1.165, 1.54) is 22.4 Å². The van der Waals surface area contributed by atoms with Crippen molar-refractivity contribution in [2.45, 2.75) is 30.3 Å². The van der Waals surface area contributed by atoms with Crippen LogP contribution in [0, 0.1) is 13.8 Å². The number of rotatable bonds is 4. The van der Waals surface area contributed by atoms with Crippen molar-refractivity contribution in [3.8, 4) is 0 Å². The molecule has 0 radical (unpaired) electrons. The molecule has 1 heterocycles. The molecule has 0 atom stereocenters. The first-order chi connectivity index (χ1) is 12.3. The molecule has 3 rings (SSSR count). The van der Waals surface area contributed by atoms with E-state index < -0.39 is 11.2 Å². The summed E-state index contributed by atoms with van der Waals surface area (Å²) in [5.41, 5.74) is 2.25. The zero-order chi connectivity index (χ0) is 18.8. The molecular formula is C19H16Cl2N2O2S. The van der Waals surface area contributed by atoms with E-state index in [2.05, 4.69) is 4.98 Å². The van der Waals surface area contributed by atoms with Crippen LogP contribution in [0.1, 0.15) is 16.7 Å². The van der Waals surface area contributed by atoms with E-state index in [4.69, 9.17) is 23.2 Å². The summed E-state index contributed by atoms with van der Waals surface area (Å²) in [7, 11) is 0. The van der Waals surface area contributed by atoms with Crippen LogP contribution in [0.5, 0.6) is 0 Å². The maximum atomic E-state index is 12.4. The van der Waals surface area contributed by atoms with Crippen molar-refractivity contribution < 1.29 is 0 Å². The summed E-state index contributed by atoms with van der Waals surface area (Å²) in [5, 5.41) is 1.41. The Morgan fingerprint density at radius 3 is 2.42 bits per heavy atom. The van der Waals surface area contributed by atoms with Crippen molar-refractivity contribution in [3.63, 3.8) is 0 Å². The third-order valence-electron chi connectivity index (χ3n) is 3.95. The van der Waals surface area contributed by atoms with E-state index in [0.29, 0.717) is 26.5 Å². The van der Waals surface area contributed by atoms with Gasteiger partial charge in [-0.3, -0.25) is 14.3 Å². The van der Waals surface area contributed by atoms with Crippen LogP contribution in [0.3, 0.4) is 0 Å². The highest BCUT2D eigenvalue weighted by molar-refractivity contribution is 7.99. The van der Waals surface area contributed by atoms with Crippen molar-refractivity contribution in [1.82, 2.24) is 9.55 Å². The van der Waals surface area contributed by atoms with Crippen LogP contribution in [0.4, 0.5) is 0 Å². The summed E-state index contributed by atoms with van der Waals surface area (Å²) in [6.45, 7) is 4.33. The highest BCUT2D eigenvalue weighted by Crippen LogP contribution is 2.37. The summed E-state index contributed by atoms with van der Waals surface area (Å²) in [4.78, 5) is 27.2. The van der Waals surface area contributed by atoms with Gasteiger partial charge in [-0.25, -0.2) is 4.79 Å². The minimum absolute atomic E-state index is 0.341. The minimum atomic E-state index is -0.468. The normalized spacial score (nSPS) is 10.9. The van der Waals surface area contributed by atoms with Crippen LogP contribution in [-0.2, 0) is 6.54 Å². The number of hydrogen-bond acceptors (Lipinski definition) is 3. The Kier molecular flexibility index (Phi) is 5.61. The number of halogens is 2. The predicted octanol–water partition coefficient (Wildman–Crippen LogP) is 4.66. The molecule has 4 nitrogen and oxygen atoms in total. The number of benzene rings is 2. The summed E-state index contributed by atoms with van der Waals surface area (Å²) >= 11 is 13.7. The highest BCUT2D eigenvalue weighted by Gasteiger charge is 2.14. The highest BCUT2D eigenvalue weighted by atomic mass is 35.5. The molecule has 0 aliphatic rings. The SMILES string of the molecule is Cc1ccc(C)c(Cn2c(Sc3c(Cl)cccc3Cl)cc(=O)[nH]c2=O)c1. The standard InChI is InChI=1S/C19H16Cl2N2O2S/c1-11-6-7-12(2)13(8-11)10-23-17(9-16(24)22-19(23)25)26-18-14(20)4-3-5-15(18)21/h3-9H,10H2,1-2H3,(H,22,24,25). The molecule has 1 aromatic heterocycles. The Morgan fingerprint density at radius 1 is 1.04 bits per heavy atom. The Balaban J connectivity index is 2.10. The van der Waals surface area contributed by atoms with Crippen LogP contribution in [-0.4, -0.2) is 9.55 Å². The zero-order valence-electron chi connectivity index (χ0n) is 14.2. The van der Waals surface area contributed by atoms with E-state index in [1.807, 2.05) is 32.0 Å². The molecule has 0 aliphatic heterocycles. The van der Waals surface area contributed by atoms with Crippen LogP contribution in [0.25, 0.3) is 0 Å². The van der Waals surface area contributed by atoms with Gasteiger partial charge in [0.25, 0.3) is 5.56 Å². The number of aryl methyl sites for hydroxylation is 2. The second kappa shape index (κ2) is 7.74. The summed E-state index contributed by atoms with van der Waals surface area (Å²) in [5.74, 6) is 0. The van der Waals surface area contributed by atoms with Crippen molar-refractivity contribution in [3.05, 3.63) is 90.0 Å². The van der Waals surface area contributed by atoms with Crippen molar-refractivity contribution in [1.29, 1.82) is 0 Å². The molecule has 2 aromatic carbocycles. The quantitative estimate of drug-likeness (QED) is 0.640. The molecule has 0 amide bonds. The monoisotopic (exact) mass is 406 g/mol. The third-order valence-corrected chi connectivity index (χ3v) is 6.00. The van der Waals surface area contributed by atoms with Gasteiger partial charge in [-0.05, 0) is 37.1 Å². The fraction of sp³-hybridized carbons (Fsp3) is 0.158. The van der Waals surface area contributed by atoms with Gasteiger partial charge in [0, 0.05) is 6.07 Å². The van der Waals surface area contributed by atoms with Gasteiger partial charge in [-0.2, -0.15) is 0 Å². The molecule has 0 bridgehead atoms. The number of nitrogens with zero attached hydrogens (tertiary/aromatic N) is 1. The molecular weight excluding hydrogens is 391 g/mol. The Hall–Kier alpha value is -1.95. The van der Waals surface area contributed by atoms with Gasteiger partial charge in [0.05, 0.1) is 26.5 Å². The zero-order valence-corrected chi connectivity index (χ0v) is 16.5. The lowest BCUT2D eigenvalue weighted by Crippen LogP contribution is -2.31. The molecule has 7 heteroatoms. The van der Waals surface area contributed by atoms with Crippen LogP contribution in [0.15, 0.2) is 62.0 Å². The van der Waals surface area contributed by atoms with Crippen molar-refractivity contribution >= 4 is 35.0 Å². The molecule has 0 fully saturated rings. The molecule has 3 aromatic rings. The van der Waals surface area contributed by atoms with E-state index in [1.54, 1.807) is 18.2 Å². The Morgan fingerprint density at radius 2 is 1.73 bits per heavy atom. The second-order valence-electron chi connectivity index (χ2n) is 5.95. The smallest absolute Gasteiger partial charge is 0.283 e. The number of aromatic amines is 1. The molecule has 26 heavy (non-hydrogen) atoms. The number of H-pyrrole nitrogens is 1. The molecule has 0 saturated heterocycles. The van der Waals surface area contributed by atoms with Gasteiger partial charge in [-0.1, -0.05) is 64.8 Å². The average Bonchev–Trinajstić information content (AvgIpc) is 2.57. The largest absolute Gasteiger partial charge is 0.329 e. The lowest BCUT2D eigenvalue weighted by molar-refractivity contribution is 0.649. The van der Waals surface area contributed by atoms with Crippen molar-refractivity contribution in [2.24, 2.45) is 0 Å². The average molecular weight is 407 g/mol. The topological polar surface area (TPSA) is 54.9 Å². The minimum Gasteiger partial charge on any atom is -0.283 e. The fourth-order valence-corrected chi connectivity index (χ4v) is 4.15. The van der Waals surface area contributed by atoms with E-state index in [0.717, 1.165) is 16.7 Å². The summed E-state index contributed by atoms with van der Waals surface area (Å²) in [6, 6.07) is 12.6. The van der Waals surface area contributed by atoms with E-state index in [-0.39, 0.29) is 0 Å². The van der Waals surface area contributed by atoms with Crippen molar-refractivity contribution in [2.75, 3.05) is 0 Å². The van der Waals surface area contributed by atoms with Crippen LogP contribution < -0.4 is 11.2 Å². The van der Waals surface area contributed by atoms with Crippen LogP contribution >= 0.6 is 35.0 Å². The van der Waals surface area contributed by atoms with Crippen LogP contribution in [0.2, 0.25) is 10.0 Å². The Labute approximate surface area is 164 Å². The fourth-order valence-electron chi connectivity index (χ4n) is 2.56. The van der Waals surface area contributed by atoms with Gasteiger partial charge in [-0.15, -0.1) is 0 Å². The first-order valence-corrected chi connectivity index (χ1v) is 9.44. The van der Waals surface area contributed by atoms with Gasteiger partial charge in [0.15, 0.2) is 0 Å². The first kappa shape index (κ1) is 18.8. The molecule has 0 aliphatic carbocycles. The van der Waals surface area contributed by atoms with Gasteiger partial charge >= 0.3 is 5.69 Å². The van der Waals surface area contributed by atoms with E-state index in [9.17, 15) is 9.59 Å².